The molecule has 2 aromatic rings. The molecule has 1 fully saturated rings. The van der Waals surface area contributed by atoms with Crippen LogP contribution in [0, 0.1) is 19.8 Å². The third-order valence-corrected chi connectivity index (χ3v) is 4.47. The van der Waals surface area contributed by atoms with Crippen LogP contribution >= 0.6 is 0 Å². The van der Waals surface area contributed by atoms with Crippen molar-refractivity contribution in [1.29, 1.82) is 0 Å². The van der Waals surface area contributed by atoms with Gasteiger partial charge in [-0.25, -0.2) is 0 Å². The summed E-state index contributed by atoms with van der Waals surface area (Å²) in [5, 5.41) is 22.1. The number of hydrogen-bond acceptors (Lipinski definition) is 4. The van der Waals surface area contributed by atoms with Crippen LogP contribution in [0.3, 0.4) is 0 Å². The first kappa shape index (κ1) is 16.0. The number of nitrogens with one attached hydrogen (secondary N) is 1. The number of β-amino-alcohol motifs (C(OH)–C–C–N with tert-alkyl or cyclic N) is 1. The van der Waals surface area contributed by atoms with Crippen molar-refractivity contribution in [2.75, 3.05) is 13.1 Å². The van der Waals surface area contributed by atoms with Crippen molar-refractivity contribution in [3.8, 4) is 0 Å². The van der Waals surface area contributed by atoms with Crippen LogP contribution in [0.15, 0.2) is 24.9 Å². The second kappa shape index (κ2) is 6.68. The summed E-state index contributed by atoms with van der Waals surface area (Å²) in [6.07, 6.45) is 4.44. The number of nitrogens with zero attached hydrogens (tertiary/aromatic N) is 4. The molecule has 0 bridgehead atoms. The van der Waals surface area contributed by atoms with Gasteiger partial charge in [-0.3, -0.25) is 14.7 Å². The minimum absolute atomic E-state index is 0.237. The molecule has 2 atom stereocenters. The summed E-state index contributed by atoms with van der Waals surface area (Å²) in [5.74, 6) is 0.237. The number of likely N-dealkylation sites (tertiary alicyclic amines) is 1. The van der Waals surface area contributed by atoms with E-state index in [0.29, 0.717) is 6.54 Å². The lowest BCUT2D eigenvalue weighted by Crippen LogP contribution is -2.21. The monoisotopic (exact) mass is 315 g/mol. The zero-order valence-electron chi connectivity index (χ0n) is 13.9. The molecular formula is C17H25N5O. The van der Waals surface area contributed by atoms with Gasteiger partial charge in [0.2, 0.25) is 0 Å². The molecule has 0 amide bonds. The topological polar surface area (TPSA) is 70.0 Å². The molecule has 2 N–H and O–H groups in total. The Morgan fingerprint density at radius 1 is 1.43 bits per heavy atom. The van der Waals surface area contributed by atoms with Crippen molar-refractivity contribution in [2.24, 2.45) is 5.92 Å². The summed E-state index contributed by atoms with van der Waals surface area (Å²) in [6.45, 7) is 10.9. The van der Waals surface area contributed by atoms with Crippen molar-refractivity contribution >= 4 is 0 Å². The maximum Gasteiger partial charge on any atom is 0.0711 e. The molecule has 0 unspecified atom stereocenters. The van der Waals surface area contributed by atoms with Gasteiger partial charge in [-0.05, 0) is 26.3 Å². The van der Waals surface area contributed by atoms with Crippen molar-refractivity contribution in [1.82, 2.24) is 24.9 Å². The van der Waals surface area contributed by atoms with E-state index in [9.17, 15) is 5.11 Å². The van der Waals surface area contributed by atoms with E-state index in [-0.39, 0.29) is 12.0 Å². The molecule has 6 heteroatoms. The molecule has 0 spiro atoms. The lowest BCUT2D eigenvalue weighted by molar-refractivity contribution is 0.140. The standard InChI is InChI=1S/C17H25N5O/c1-4-5-22-10-15(13(3)20-22)9-21-8-14(17(23)11-21)7-16-6-12(2)18-19-16/h4,6,10,14,17,23H,1,5,7-9,11H2,2-3H3,(H,18,19)/t14-,17-/m1/s1. The number of H-pyrrole nitrogens is 1. The lowest BCUT2D eigenvalue weighted by Gasteiger charge is -2.14. The zero-order valence-corrected chi connectivity index (χ0v) is 13.9. The predicted octanol–water partition coefficient (Wildman–Crippen LogP) is 1.44. The fourth-order valence-electron chi connectivity index (χ4n) is 3.30. The van der Waals surface area contributed by atoms with Crippen LogP contribution in [-0.4, -0.2) is 49.2 Å². The van der Waals surface area contributed by atoms with Gasteiger partial charge in [0, 0.05) is 43.0 Å². The number of hydrogen-bond donors (Lipinski definition) is 2. The van der Waals surface area contributed by atoms with Crippen LogP contribution in [0.4, 0.5) is 0 Å². The zero-order chi connectivity index (χ0) is 16.4. The van der Waals surface area contributed by atoms with Crippen molar-refractivity contribution in [3.05, 3.63) is 47.6 Å². The van der Waals surface area contributed by atoms with Gasteiger partial charge in [0.1, 0.15) is 0 Å². The Morgan fingerprint density at radius 3 is 2.96 bits per heavy atom. The first-order valence-corrected chi connectivity index (χ1v) is 8.10. The van der Waals surface area contributed by atoms with Crippen molar-refractivity contribution in [3.63, 3.8) is 0 Å². The number of aryl methyl sites for hydroxylation is 2. The van der Waals surface area contributed by atoms with Crippen LogP contribution < -0.4 is 0 Å². The number of aromatic amines is 1. The van der Waals surface area contributed by atoms with E-state index in [2.05, 4.69) is 39.0 Å². The highest BCUT2D eigenvalue weighted by atomic mass is 16.3. The number of aromatic nitrogens is 4. The van der Waals surface area contributed by atoms with Crippen LogP contribution in [0.25, 0.3) is 0 Å². The van der Waals surface area contributed by atoms with E-state index in [1.165, 1.54) is 5.56 Å². The highest BCUT2D eigenvalue weighted by Crippen LogP contribution is 2.23. The first-order chi connectivity index (χ1) is 11.0. The average Bonchev–Trinajstić information content (AvgIpc) is 3.14. The second-order valence-electron chi connectivity index (χ2n) is 6.52. The predicted molar refractivity (Wildman–Crippen MR) is 89.0 cm³/mol. The SMILES string of the molecule is C=CCn1cc(CN2C[C@@H](Cc3cc(C)[nH]n3)[C@H](O)C2)c(C)n1. The molecule has 0 aromatic carbocycles. The van der Waals surface area contributed by atoms with Gasteiger partial charge in [0.15, 0.2) is 0 Å². The Labute approximate surface area is 136 Å². The number of aliphatic hydroxyl groups is 1. The Balaban J connectivity index is 1.61. The van der Waals surface area contributed by atoms with Crippen molar-refractivity contribution < 1.29 is 5.11 Å². The van der Waals surface area contributed by atoms with Gasteiger partial charge < -0.3 is 5.11 Å². The van der Waals surface area contributed by atoms with Gasteiger partial charge in [-0.15, -0.1) is 6.58 Å². The molecule has 1 aliphatic heterocycles. The van der Waals surface area contributed by atoms with Crippen LogP contribution in [0.1, 0.15) is 22.6 Å². The number of rotatable bonds is 6. The maximum atomic E-state index is 10.4. The quantitative estimate of drug-likeness (QED) is 0.792. The molecule has 1 aliphatic rings. The van der Waals surface area contributed by atoms with E-state index >= 15 is 0 Å². The van der Waals surface area contributed by atoms with Gasteiger partial charge in [0.25, 0.3) is 0 Å². The van der Waals surface area contributed by atoms with E-state index in [1.54, 1.807) is 0 Å². The highest BCUT2D eigenvalue weighted by molar-refractivity contribution is 5.16. The van der Waals surface area contributed by atoms with E-state index in [1.807, 2.05) is 24.6 Å². The number of allylic oxidation sites excluding steroid dienone is 1. The maximum absolute atomic E-state index is 10.4. The normalized spacial score (nSPS) is 21.9. The summed E-state index contributed by atoms with van der Waals surface area (Å²) in [6, 6.07) is 2.05. The van der Waals surface area contributed by atoms with Crippen LogP contribution in [-0.2, 0) is 19.5 Å². The molecule has 1 saturated heterocycles. The lowest BCUT2D eigenvalue weighted by atomic mass is 10.0. The molecule has 23 heavy (non-hydrogen) atoms. The minimum Gasteiger partial charge on any atom is -0.391 e. The summed E-state index contributed by atoms with van der Waals surface area (Å²) in [5.41, 5.74) is 4.36. The average molecular weight is 315 g/mol. The van der Waals surface area contributed by atoms with Crippen molar-refractivity contribution in [2.45, 2.75) is 39.5 Å². The summed E-state index contributed by atoms with van der Waals surface area (Å²) < 4.78 is 1.91. The summed E-state index contributed by atoms with van der Waals surface area (Å²) in [7, 11) is 0. The Morgan fingerprint density at radius 2 is 2.26 bits per heavy atom. The largest absolute Gasteiger partial charge is 0.391 e. The molecule has 0 aliphatic carbocycles. The van der Waals surface area contributed by atoms with Gasteiger partial charge in [0.05, 0.1) is 24.0 Å². The van der Waals surface area contributed by atoms with Gasteiger partial charge >= 0.3 is 0 Å². The highest BCUT2D eigenvalue weighted by Gasteiger charge is 2.32. The second-order valence-corrected chi connectivity index (χ2v) is 6.52. The van der Waals surface area contributed by atoms with E-state index in [0.717, 1.165) is 43.1 Å². The Kier molecular flexibility index (Phi) is 4.63. The Bertz CT molecular complexity index is 674. The molecule has 0 saturated carbocycles. The molecular weight excluding hydrogens is 290 g/mol. The fourth-order valence-corrected chi connectivity index (χ4v) is 3.30. The third kappa shape index (κ3) is 3.71. The van der Waals surface area contributed by atoms with E-state index < -0.39 is 0 Å². The van der Waals surface area contributed by atoms with Gasteiger partial charge in [-0.1, -0.05) is 6.08 Å². The fraction of sp³-hybridized carbons (Fsp3) is 0.529. The van der Waals surface area contributed by atoms with Gasteiger partial charge in [-0.2, -0.15) is 10.2 Å². The van der Waals surface area contributed by atoms with Crippen LogP contribution in [0.5, 0.6) is 0 Å². The minimum atomic E-state index is -0.296. The molecule has 0 radical (unpaired) electrons. The summed E-state index contributed by atoms with van der Waals surface area (Å²) >= 11 is 0. The molecule has 6 nitrogen and oxygen atoms in total. The third-order valence-electron chi connectivity index (χ3n) is 4.47. The Hall–Kier alpha value is -1.92. The molecule has 2 aromatic heterocycles. The van der Waals surface area contributed by atoms with Crippen LogP contribution in [0.2, 0.25) is 0 Å². The van der Waals surface area contributed by atoms with E-state index in [4.69, 9.17) is 0 Å². The molecule has 3 rings (SSSR count). The number of aliphatic hydroxyl groups excluding tert-OH is 1. The smallest absolute Gasteiger partial charge is 0.0711 e. The molecule has 3 heterocycles. The first-order valence-electron chi connectivity index (χ1n) is 8.10. The molecule has 124 valence electrons. The summed E-state index contributed by atoms with van der Waals surface area (Å²) in [4.78, 5) is 2.30.